The third-order valence-corrected chi connectivity index (χ3v) is 5.63. The van der Waals surface area contributed by atoms with Crippen LogP contribution in [-0.2, 0) is 17.8 Å². The van der Waals surface area contributed by atoms with Gasteiger partial charge in [-0.1, -0.05) is 37.5 Å². The maximum Gasteiger partial charge on any atom is 0.309 e. The Morgan fingerprint density at radius 1 is 1.33 bits per heavy atom. The highest BCUT2D eigenvalue weighted by Gasteiger charge is 2.18. The average molecular weight is 344 g/mol. The Labute approximate surface area is 147 Å². The first-order chi connectivity index (χ1) is 11.6. The SMILES string of the molecule is CN(Cc1cccc(-c2nc(CC(=O)O)cs2)c1)C1CCCCC1. The second-order valence-corrected chi connectivity index (χ2v) is 7.48. The molecular weight excluding hydrogens is 320 g/mol. The largest absolute Gasteiger partial charge is 0.481 e. The lowest BCUT2D eigenvalue weighted by molar-refractivity contribution is -0.136. The van der Waals surface area contributed by atoms with Crippen LogP contribution >= 0.6 is 11.3 Å². The highest BCUT2D eigenvalue weighted by molar-refractivity contribution is 7.13. The third-order valence-electron chi connectivity index (χ3n) is 4.69. The molecule has 2 aromatic rings. The van der Waals surface area contributed by atoms with Gasteiger partial charge in [-0.05, 0) is 31.5 Å². The highest BCUT2D eigenvalue weighted by atomic mass is 32.1. The molecule has 3 rings (SSSR count). The number of aromatic nitrogens is 1. The van der Waals surface area contributed by atoms with E-state index in [0.717, 1.165) is 17.1 Å². The van der Waals surface area contributed by atoms with Gasteiger partial charge in [-0.25, -0.2) is 4.98 Å². The molecule has 1 aromatic carbocycles. The van der Waals surface area contributed by atoms with Gasteiger partial charge in [0.2, 0.25) is 0 Å². The number of carboxylic acid groups (broad SMARTS) is 1. The molecule has 1 aliphatic carbocycles. The van der Waals surface area contributed by atoms with Crippen molar-refractivity contribution in [1.29, 1.82) is 0 Å². The van der Waals surface area contributed by atoms with Crippen molar-refractivity contribution in [3.63, 3.8) is 0 Å². The molecule has 0 saturated heterocycles. The van der Waals surface area contributed by atoms with Crippen molar-refractivity contribution in [2.24, 2.45) is 0 Å². The Hall–Kier alpha value is -1.72. The number of thiazole rings is 1. The minimum absolute atomic E-state index is 0.0133. The number of benzene rings is 1. The summed E-state index contributed by atoms with van der Waals surface area (Å²) in [7, 11) is 2.22. The number of carboxylic acids is 1. The molecule has 24 heavy (non-hydrogen) atoms. The molecular formula is C19H24N2O2S. The predicted octanol–water partition coefficient (Wildman–Crippen LogP) is 4.20. The monoisotopic (exact) mass is 344 g/mol. The van der Waals surface area contributed by atoms with Crippen LogP contribution in [0.5, 0.6) is 0 Å². The van der Waals surface area contributed by atoms with E-state index in [4.69, 9.17) is 5.11 Å². The minimum Gasteiger partial charge on any atom is -0.481 e. The molecule has 0 spiro atoms. The van der Waals surface area contributed by atoms with E-state index >= 15 is 0 Å². The van der Waals surface area contributed by atoms with Crippen molar-refractivity contribution < 1.29 is 9.90 Å². The standard InChI is InChI=1S/C19H24N2O2S/c1-21(17-8-3-2-4-9-17)12-14-6-5-7-15(10-14)19-20-16(13-24-19)11-18(22)23/h5-7,10,13,17H,2-4,8-9,11-12H2,1H3,(H,22,23). The summed E-state index contributed by atoms with van der Waals surface area (Å²) in [5.41, 5.74) is 2.99. The van der Waals surface area contributed by atoms with Gasteiger partial charge in [0.1, 0.15) is 5.01 Å². The molecule has 0 unspecified atom stereocenters. The lowest BCUT2D eigenvalue weighted by atomic mass is 9.94. The lowest BCUT2D eigenvalue weighted by Crippen LogP contribution is -2.32. The second-order valence-electron chi connectivity index (χ2n) is 6.62. The summed E-state index contributed by atoms with van der Waals surface area (Å²) in [5, 5.41) is 11.6. The maximum absolute atomic E-state index is 10.8. The van der Waals surface area contributed by atoms with Crippen molar-refractivity contribution in [3.8, 4) is 10.6 Å². The van der Waals surface area contributed by atoms with Crippen LogP contribution in [0.2, 0.25) is 0 Å². The van der Waals surface area contributed by atoms with Crippen LogP contribution in [0.15, 0.2) is 29.6 Å². The zero-order valence-electron chi connectivity index (χ0n) is 14.1. The summed E-state index contributed by atoms with van der Waals surface area (Å²) >= 11 is 1.51. The number of hydrogen-bond donors (Lipinski definition) is 1. The van der Waals surface area contributed by atoms with E-state index in [9.17, 15) is 4.79 Å². The van der Waals surface area contributed by atoms with E-state index in [2.05, 4.69) is 35.1 Å². The fourth-order valence-corrected chi connectivity index (χ4v) is 4.23. The summed E-state index contributed by atoms with van der Waals surface area (Å²) < 4.78 is 0. The summed E-state index contributed by atoms with van der Waals surface area (Å²) in [6.07, 6.45) is 6.67. The summed E-state index contributed by atoms with van der Waals surface area (Å²) in [4.78, 5) is 17.7. The Balaban J connectivity index is 1.69. The smallest absolute Gasteiger partial charge is 0.309 e. The van der Waals surface area contributed by atoms with E-state index in [1.165, 1.54) is 49.0 Å². The van der Waals surface area contributed by atoms with E-state index in [-0.39, 0.29) is 6.42 Å². The van der Waals surface area contributed by atoms with Gasteiger partial charge in [0.25, 0.3) is 0 Å². The Morgan fingerprint density at radius 2 is 2.12 bits per heavy atom. The summed E-state index contributed by atoms with van der Waals surface area (Å²) in [5.74, 6) is -0.838. The normalized spacial score (nSPS) is 15.8. The quantitative estimate of drug-likeness (QED) is 0.853. The van der Waals surface area contributed by atoms with Crippen molar-refractivity contribution in [2.75, 3.05) is 7.05 Å². The fraction of sp³-hybridized carbons (Fsp3) is 0.474. The van der Waals surface area contributed by atoms with Crippen LogP contribution < -0.4 is 0 Å². The fourth-order valence-electron chi connectivity index (χ4n) is 3.42. The molecule has 1 saturated carbocycles. The Bertz CT molecular complexity index is 692. The van der Waals surface area contributed by atoms with Crippen LogP contribution in [0, 0.1) is 0 Å². The van der Waals surface area contributed by atoms with Crippen molar-refractivity contribution >= 4 is 17.3 Å². The molecule has 1 aromatic heterocycles. The van der Waals surface area contributed by atoms with Gasteiger partial charge in [-0.15, -0.1) is 11.3 Å². The van der Waals surface area contributed by atoms with Crippen molar-refractivity contribution in [1.82, 2.24) is 9.88 Å². The molecule has 1 heterocycles. The summed E-state index contributed by atoms with van der Waals surface area (Å²) in [6, 6.07) is 9.16. The van der Waals surface area contributed by atoms with Crippen LogP contribution in [0.25, 0.3) is 10.6 Å². The third kappa shape index (κ3) is 4.42. The van der Waals surface area contributed by atoms with Gasteiger partial charge >= 0.3 is 5.97 Å². The summed E-state index contributed by atoms with van der Waals surface area (Å²) in [6.45, 7) is 0.950. The molecule has 0 aliphatic heterocycles. The molecule has 0 atom stereocenters. The lowest BCUT2D eigenvalue weighted by Gasteiger charge is -2.31. The number of nitrogens with zero attached hydrogens (tertiary/aromatic N) is 2. The van der Waals surface area contributed by atoms with Gasteiger partial charge < -0.3 is 5.11 Å². The maximum atomic E-state index is 10.8. The topological polar surface area (TPSA) is 53.4 Å². The molecule has 0 amide bonds. The number of aliphatic carboxylic acids is 1. The second kappa shape index (κ2) is 7.90. The minimum atomic E-state index is -0.838. The van der Waals surface area contributed by atoms with E-state index in [0.29, 0.717) is 11.7 Å². The molecule has 1 aliphatic rings. The van der Waals surface area contributed by atoms with Crippen LogP contribution in [0.4, 0.5) is 0 Å². The van der Waals surface area contributed by atoms with Gasteiger partial charge in [-0.2, -0.15) is 0 Å². The Kier molecular flexibility index (Phi) is 5.63. The van der Waals surface area contributed by atoms with Gasteiger partial charge in [0, 0.05) is 23.5 Å². The first-order valence-electron chi connectivity index (χ1n) is 8.57. The van der Waals surface area contributed by atoms with E-state index in [1.807, 2.05) is 11.4 Å². The van der Waals surface area contributed by atoms with Crippen LogP contribution in [0.1, 0.15) is 43.4 Å². The van der Waals surface area contributed by atoms with Crippen molar-refractivity contribution in [3.05, 3.63) is 40.9 Å². The first-order valence-corrected chi connectivity index (χ1v) is 9.45. The zero-order valence-corrected chi connectivity index (χ0v) is 14.9. The average Bonchev–Trinajstić information content (AvgIpc) is 3.03. The highest BCUT2D eigenvalue weighted by Crippen LogP contribution is 2.27. The van der Waals surface area contributed by atoms with Crippen LogP contribution in [0.3, 0.4) is 0 Å². The predicted molar refractivity (Wildman–Crippen MR) is 97.2 cm³/mol. The Morgan fingerprint density at radius 3 is 2.88 bits per heavy atom. The number of carbonyl (C=O) groups is 1. The molecule has 0 bridgehead atoms. The van der Waals surface area contributed by atoms with E-state index in [1.54, 1.807) is 0 Å². The van der Waals surface area contributed by atoms with Crippen molar-refractivity contribution in [2.45, 2.75) is 51.1 Å². The zero-order chi connectivity index (χ0) is 16.9. The first kappa shape index (κ1) is 17.1. The van der Waals surface area contributed by atoms with Crippen LogP contribution in [-0.4, -0.2) is 34.0 Å². The van der Waals surface area contributed by atoms with Gasteiger partial charge in [0.05, 0.1) is 12.1 Å². The van der Waals surface area contributed by atoms with E-state index < -0.39 is 5.97 Å². The molecule has 1 N–H and O–H groups in total. The number of rotatable bonds is 6. The van der Waals surface area contributed by atoms with Gasteiger partial charge in [-0.3, -0.25) is 9.69 Å². The molecule has 4 nitrogen and oxygen atoms in total. The number of hydrogen-bond acceptors (Lipinski definition) is 4. The van der Waals surface area contributed by atoms with Gasteiger partial charge in [0.15, 0.2) is 0 Å². The molecule has 128 valence electrons. The molecule has 0 radical (unpaired) electrons. The molecule has 1 fully saturated rings. The molecule has 5 heteroatoms.